The van der Waals surface area contributed by atoms with E-state index in [1.54, 1.807) is 19.4 Å². The summed E-state index contributed by atoms with van der Waals surface area (Å²) in [6, 6.07) is 11.3. The van der Waals surface area contributed by atoms with Gasteiger partial charge in [0.1, 0.15) is 11.4 Å². The Kier molecular flexibility index (Phi) is 4.76. The summed E-state index contributed by atoms with van der Waals surface area (Å²) in [5.74, 6) is 0.817. The van der Waals surface area contributed by atoms with Crippen LogP contribution in [-0.2, 0) is 0 Å². The van der Waals surface area contributed by atoms with E-state index < -0.39 is 0 Å². The molecular weight excluding hydrogens is 290 g/mol. The van der Waals surface area contributed by atoms with Crippen molar-refractivity contribution in [1.29, 1.82) is 0 Å². The molecule has 1 aromatic heterocycles. The van der Waals surface area contributed by atoms with Gasteiger partial charge in [0.25, 0.3) is 5.91 Å². The molecule has 0 spiro atoms. The number of carbonyl (C=O) groups excluding carboxylic acids is 1. The highest BCUT2D eigenvalue weighted by Gasteiger charge is 2.18. The molecule has 0 atom stereocenters. The third kappa shape index (κ3) is 3.80. The summed E-state index contributed by atoms with van der Waals surface area (Å²) in [5.41, 5.74) is 2.26. The minimum Gasteiger partial charge on any atom is -0.497 e. The van der Waals surface area contributed by atoms with E-state index in [-0.39, 0.29) is 5.91 Å². The summed E-state index contributed by atoms with van der Waals surface area (Å²) in [5, 5.41) is 3.26. The van der Waals surface area contributed by atoms with Gasteiger partial charge >= 0.3 is 0 Å². The number of rotatable bonds is 4. The average molecular weight is 311 g/mol. The van der Waals surface area contributed by atoms with Crippen LogP contribution in [-0.4, -0.2) is 36.0 Å². The van der Waals surface area contributed by atoms with Crippen LogP contribution >= 0.6 is 0 Å². The molecular formula is C18H21N3O2. The molecule has 3 rings (SSSR count). The molecule has 1 N–H and O–H groups in total. The highest BCUT2D eigenvalue weighted by atomic mass is 16.5. The second-order valence-electron chi connectivity index (χ2n) is 5.64. The first-order valence-corrected chi connectivity index (χ1v) is 7.93. The standard InChI is InChI=1S/C18H21N3O2/c1-23-16-7-5-6-14(12-16)20-15-8-9-17(19-13-15)18(22)21-10-3-2-4-11-21/h5-9,12-13,20H,2-4,10-11H2,1H3. The number of piperidine rings is 1. The number of likely N-dealkylation sites (tertiary alicyclic amines) is 1. The summed E-state index contributed by atoms with van der Waals surface area (Å²) in [7, 11) is 1.64. The van der Waals surface area contributed by atoms with Crippen molar-refractivity contribution in [3.05, 3.63) is 48.3 Å². The largest absolute Gasteiger partial charge is 0.497 e. The third-order valence-electron chi connectivity index (χ3n) is 3.98. The molecule has 1 aromatic carbocycles. The molecule has 5 nitrogen and oxygen atoms in total. The first kappa shape index (κ1) is 15.3. The Bertz CT molecular complexity index is 664. The van der Waals surface area contributed by atoms with E-state index in [2.05, 4.69) is 10.3 Å². The number of nitrogens with one attached hydrogen (secondary N) is 1. The summed E-state index contributed by atoms with van der Waals surface area (Å²) in [6.45, 7) is 1.68. The van der Waals surface area contributed by atoms with Crippen molar-refractivity contribution in [3.63, 3.8) is 0 Å². The number of pyridine rings is 1. The van der Waals surface area contributed by atoms with Crippen molar-refractivity contribution < 1.29 is 9.53 Å². The maximum Gasteiger partial charge on any atom is 0.272 e. The summed E-state index contributed by atoms with van der Waals surface area (Å²) in [4.78, 5) is 18.6. The molecule has 2 aromatic rings. The first-order chi connectivity index (χ1) is 11.3. The van der Waals surface area contributed by atoms with Crippen LogP contribution in [0.25, 0.3) is 0 Å². The molecule has 1 aliphatic heterocycles. The molecule has 0 aliphatic carbocycles. The van der Waals surface area contributed by atoms with Gasteiger partial charge in [0.15, 0.2) is 0 Å². The van der Waals surface area contributed by atoms with E-state index in [9.17, 15) is 4.79 Å². The Hall–Kier alpha value is -2.56. The number of aromatic nitrogens is 1. The Labute approximate surface area is 136 Å². The summed E-state index contributed by atoms with van der Waals surface area (Å²) in [6.07, 6.45) is 5.07. The van der Waals surface area contributed by atoms with Gasteiger partial charge in [-0.1, -0.05) is 6.07 Å². The van der Waals surface area contributed by atoms with Crippen LogP contribution in [0.3, 0.4) is 0 Å². The van der Waals surface area contributed by atoms with Crippen LogP contribution in [0, 0.1) is 0 Å². The lowest BCUT2D eigenvalue weighted by atomic mass is 10.1. The molecule has 1 saturated heterocycles. The lowest BCUT2D eigenvalue weighted by Crippen LogP contribution is -2.36. The predicted molar refractivity (Wildman–Crippen MR) is 90.3 cm³/mol. The van der Waals surface area contributed by atoms with Crippen molar-refractivity contribution in [2.45, 2.75) is 19.3 Å². The monoisotopic (exact) mass is 311 g/mol. The molecule has 1 amide bonds. The number of benzene rings is 1. The maximum absolute atomic E-state index is 12.4. The number of anilines is 2. The smallest absolute Gasteiger partial charge is 0.272 e. The van der Waals surface area contributed by atoms with Gasteiger partial charge in [0.2, 0.25) is 0 Å². The topological polar surface area (TPSA) is 54.5 Å². The molecule has 0 unspecified atom stereocenters. The second-order valence-corrected chi connectivity index (χ2v) is 5.64. The zero-order valence-electron chi connectivity index (χ0n) is 13.3. The molecule has 1 aliphatic rings. The normalized spacial score (nSPS) is 14.4. The van der Waals surface area contributed by atoms with Crippen LogP contribution in [0.15, 0.2) is 42.6 Å². The zero-order chi connectivity index (χ0) is 16.1. The Balaban J connectivity index is 1.67. The van der Waals surface area contributed by atoms with Crippen LogP contribution in [0.5, 0.6) is 5.75 Å². The van der Waals surface area contributed by atoms with Crippen LogP contribution < -0.4 is 10.1 Å². The average Bonchev–Trinajstić information content (AvgIpc) is 2.63. The second kappa shape index (κ2) is 7.13. The fourth-order valence-corrected chi connectivity index (χ4v) is 2.72. The van der Waals surface area contributed by atoms with Gasteiger partial charge in [-0.3, -0.25) is 4.79 Å². The number of amides is 1. The molecule has 5 heteroatoms. The highest BCUT2D eigenvalue weighted by molar-refractivity contribution is 5.92. The Morgan fingerprint density at radius 2 is 1.96 bits per heavy atom. The minimum atomic E-state index is 0.0256. The van der Waals surface area contributed by atoms with E-state index in [0.29, 0.717) is 5.69 Å². The van der Waals surface area contributed by atoms with E-state index in [1.165, 1.54) is 6.42 Å². The predicted octanol–water partition coefficient (Wildman–Crippen LogP) is 3.46. The van der Waals surface area contributed by atoms with Crippen molar-refractivity contribution in [2.75, 3.05) is 25.5 Å². The zero-order valence-corrected chi connectivity index (χ0v) is 13.3. The maximum atomic E-state index is 12.4. The minimum absolute atomic E-state index is 0.0256. The number of hydrogen-bond acceptors (Lipinski definition) is 4. The first-order valence-electron chi connectivity index (χ1n) is 7.93. The Morgan fingerprint density at radius 3 is 2.65 bits per heavy atom. The van der Waals surface area contributed by atoms with Gasteiger partial charge in [-0.15, -0.1) is 0 Å². The van der Waals surface area contributed by atoms with Crippen LogP contribution in [0.4, 0.5) is 11.4 Å². The van der Waals surface area contributed by atoms with Crippen LogP contribution in [0.2, 0.25) is 0 Å². The number of methoxy groups -OCH3 is 1. The fourth-order valence-electron chi connectivity index (χ4n) is 2.72. The molecule has 1 fully saturated rings. The lowest BCUT2D eigenvalue weighted by molar-refractivity contribution is 0.0718. The summed E-state index contributed by atoms with van der Waals surface area (Å²) >= 11 is 0. The number of carbonyl (C=O) groups is 1. The van der Waals surface area contributed by atoms with Gasteiger partial charge in [0, 0.05) is 24.8 Å². The Morgan fingerprint density at radius 1 is 1.13 bits per heavy atom. The fraction of sp³-hybridized carbons (Fsp3) is 0.333. The van der Waals surface area contributed by atoms with E-state index in [4.69, 9.17) is 4.74 Å². The molecule has 0 bridgehead atoms. The van der Waals surface area contributed by atoms with E-state index in [0.717, 1.165) is 43.1 Å². The van der Waals surface area contributed by atoms with Crippen LogP contribution in [0.1, 0.15) is 29.8 Å². The van der Waals surface area contributed by atoms with Crippen molar-refractivity contribution >= 4 is 17.3 Å². The van der Waals surface area contributed by atoms with Crippen molar-refractivity contribution in [2.24, 2.45) is 0 Å². The number of hydrogen-bond donors (Lipinski definition) is 1. The molecule has 23 heavy (non-hydrogen) atoms. The van der Waals surface area contributed by atoms with Gasteiger partial charge < -0.3 is 15.0 Å². The van der Waals surface area contributed by atoms with E-state index in [1.807, 2.05) is 35.2 Å². The molecule has 2 heterocycles. The number of ether oxygens (including phenoxy) is 1. The molecule has 0 saturated carbocycles. The molecule has 120 valence electrons. The van der Waals surface area contributed by atoms with E-state index >= 15 is 0 Å². The lowest BCUT2D eigenvalue weighted by Gasteiger charge is -2.26. The third-order valence-corrected chi connectivity index (χ3v) is 3.98. The molecule has 0 radical (unpaired) electrons. The quantitative estimate of drug-likeness (QED) is 0.939. The van der Waals surface area contributed by atoms with Gasteiger partial charge in [-0.25, -0.2) is 4.98 Å². The SMILES string of the molecule is COc1cccc(Nc2ccc(C(=O)N3CCCCC3)nc2)c1. The van der Waals surface area contributed by atoms with Crippen molar-refractivity contribution in [1.82, 2.24) is 9.88 Å². The van der Waals surface area contributed by atoms with Gasteiger partial charge in [-0.05, 0) is 43.5 Å². The highest BCUT2D eigenvalue weighted by Crippen LogP contribution is 2.21. The van der Waals surface area contributed by atoms with Crippen molar-refractivity contribution in [3.8, 4) is 5.75 Å². The number of nitrogens with zero attached hydrogens (tertiary/aromatic N) is 2. The van der Waals surface area contributed by atoms with Gasteiger partial charge in [-0.2, -0.15) is 0 Å². The van der Waals surface area contributed by atoms with Gasteiger partial charge in [0.05, 0.1) is 19.0 Å². The summed E-state index contributed by atoms with van der Waals surface area (Å²) < 4.78 is 5.20.